The predicted molar refractivity (Wildman–Crippen MR) is 108 cm³/mol. The van der Waals surface area contributed by atoms with Crippen molar-refractivity contribution >= 4 is 15.9 Å². The molecule has 0 amide bonds. The minimum Gasteiger partial charge on any atom is -0.493 e. The number of ether oxygens (including phenoxy) is 1. The van der Waals surface area contributed by atoms with Gasteiger partial charge in [0, 0.05) is 6.54 Å². The van der Waals surface area contributed by atoms with E-state index in [-0.39, 0.29) is 0 Å². The number of hydrogen-bond acceptors (Lipinski definition) is 3. The third kappa shape index (κ3) is 9.05. The van der Waals surface area contributed by atoms with Gasteiger partial charge in [0.2, 0.25) is 0 Å². The third-order valence-electron chi connectivity index (χ3n) is 4.11. The number of benzene rings is 1. The van der Waals surface area contributed by atoms with Crippen LogP contribution in [0.2, 0.25) is 0 Å². The van der Waals surface area contributed by atoms with E-state index >= 15 is 0 Å². The fraction of sp³-hybridized carbons (Fsp3) is 0.700. The molecule has 0 radical (unpaired) electrons. The first-order valence-corrected chi connectivity index (χ1v) is 10.3. The van der Waals surface area contributed by atoms with Crippen LogP contribution in [0.3, 0.4) is 0 Å². The largest absolute Gasteiger partial charge is 0.493 e. The number of hydrogen-bond donors (Lipinski definition) is 1. The highest BCUT2D eigenvalue weighted by atomic mass is 79.9. The third-order valence-corrected chi connectivity index (χ3v) is 4.73. The highest BCUT2D eigenvalue weighted by molar-refractivity contribution is 9.10. The summed E-state index contributed by atoms with van der Waals surface area (Å²) in [6.07, 6.45) is 6.42. The van der Waals surface area contributed by atoms with Crippen molar-refractivity contribution in [2.75, 3.05) is 32.8 Å². The minimum absolute atomic E-state index is 0.697. The number of halogens is 1. The molecular formula is C20H35BrN2O. The summed E-state index contributed by atoms with van der Waals surface area (Å²) in [6.45, 7) is 12.9. The Hall–Kier alpha value is -0.580. The normalized spacial score (nSPS) is 11.2. The first kappa shape index (κ1) is 21.5. The van der Waals surface area contributed by atoms with Gasteiger partial charge in [0.25, 0.3) is 0 Å². The maximum Gasteiger partial charge on any atom is 0.133 e. The summed E-state index contributed by atoms with van der Waals surface area (Å²) in [4.78, 5) is 2.63. The molecule has 0 aliphatic rings. The highest BCUT2D eigenvalue weighted by Gasteiger charge is 2.04. The van der Waals surface area contributed by atoms with E-state index in [0.717, 1.165) is 23.3 Å². The zero-order chi connectivity index (χ0) is 17.6. The van der Waals surface area contributed by atoms with Gasteiger partial charge in [0.1, 0.15) is 5.75 Å². The summed E-state index contributed by atoms with van der Waals surface area (Å²) in [5.74, 6) is 0.920. The van der Waals surface area contributed by atoms with Crippen molar-refractivity contribution in [1.29, 1.82) is 0 Å². The molecule has 0 spiro atoms. The SMILES string of the molecule is CCCCN(CCCC)CCCNCc1ccc(OCC)c(Br)c1. The molecule has 1 aromatic carbocycles. The van der Waals surface area contributed by atoms with Crippen LogP contribution in [0.4, 0.5) is 0 Å². The van der Waals surface area contributed by atoms with Gasteiger partial charge in [-0.2, -0.15) is 0 Å². The molecule has 1 N–H and O–H groups in total. The predicted octanol–water partition coefficient (Wildman–Crippen LogP) is 5.23. The number of nitrogens with one attached hydrogen (secondary N) is 1. The Kier molecular flexibility index (Phi) is 12.2. The maximum atomic E-state index is 5.55. The van der Waals surface area contributed by atoms with Crippen LogP contribution in [0.15, 0.2) is 22.7 Å². The summed E-state index contributed by atoms with van der Waals surface area (Å²) in [6, 6.07) is 6.33. The quantitative estimate of drug-likeness (QED) is 0.434. The molecule has 0 atom stereocenters. The molecule has 0 saturated carbocycles. The molecular weight excluding hydrogens is 364 g/mol. The fourth-order valence-corrected chi connectivity index (χ4v) is 3.23. The van der Waals surface area contributed by atoms with Crippen LogP contribution in [-0.2, 0) is 6.54 Å². The highest BCUT2D eigenvalue weighted by Crippen LogP contribution is 2.25. The molecule has 0 unspecified atom stereocenters. The van der Waals surface area contributed by atoms with Crippen LogP contribution in [0, 0.1) is 0 Å². The van der Waals surface area contributed by atoms with Crippen molar-refractivity contribution in [3.8, 4) is 5.75 Å². The molecule has 0 aliphatic heterocycles. The Morgan fingerprint density at radius 3 is 2.25 bits per heavy atom. The van der Waals surface area contributed by atoms with Gasteiger partial charge in [-0.05, 0) is 86.0 Å². The fourth-order valence-electron chi connectivity index (χ4n) is 2.69. The van der Waals surface area contributed by atoms with E-state index in [1.165, 1.54) is 57.3 Å². The lowest BCUT2D eigenvalue weighted by Crippen LogP contribution is -2.29. The van der Waals surface area contributed by atoms with Crippen molar-refractivity contribution in [3.05, 3.63) is 28.2 Å². The molecule has 3 nitrogen and oxygen atoms in total. The summed E-state index contributed by atoms with van der Waals surface area (Å²) >= 11 is 3.58. The minimum atomic E-state index is 0.697. The Labute approximate surface area is 157 Å². The Balaban J connectivity index is 2.25. The van der Waals surface area contributed by atoms with Crippen molar-refractivity contribution in [1.82, 2.24) is 10.2 Å². The maximum absolute atomic E-state index is 5.55. The topological polar surface area (TPSA) is 24.5 Å². The first-order valence-electron chi connectivity index (χ1n) is 9.55. The molecule has 4 heteroatoms. The first-order chi connectivity index (χ1) is 11.7. The second kappa shape index (κ2) is 13.7. The summed E-state index contributed by atoms with van der Waals surface area (Å²) in [7, 11) is 0. The number of nitrogens with zero attached hydrogens (tertiary/aromatic N) is 1. The van der Waals surface area contributed by atoms with Crippen LogP contribution in [0.1, 0.15) is 58.4 Å². The molecule has 0 fully saturated rings. The molecule has 1 aromatic rings. The van der Waals surface area contributed by atoms with E-state index in [2.05, 4.69) is 52.1 Å². The second-order valence-corrected chi connectivity index (χ2v) is 7.13. The smallest absolute Gasteiger partial charge is 0.133 e. The van der Waals surface area contributed by atoms with Gasteiger partial charge < -0.3 is 15.0 Å². The van der Waals surface area contributed by atoms with Crippen LogP contribution in [0.25, 0.3) is 0 Å². The Morgan fingerprint density at radius 2 is 1.67 bits per heavy atom. The lowest BCUT2D eigenvalue weighted by molar-refractivity contribution is 0.261. The Morgan fingerprint density at radius 1 is 1.00 bits per heavy atom. The van der Waals surface area contributed by atoms with E-state index in [9.17, 15) is 0 Å². The molecule has 0 bridgehead atoms. The van der Waals surface area contributed by atoms with Gasteiger partial charge in [0.05, 0.1) is 11.1 Å². The zero-order valence-corrected chi connectivity index (χ0v) is 17.3. The number of rotatable bonds is 14. The molecule has 24 heavy (non-hydrogen) atoms. The molecule has 0 heterocycles. The molecule has 138 valence electrons. The second-order valence-electron chi connectivity index (χ2n) is 6.28. The molecule has 0 saturated heterocycles. The van der Waals surface area contributed by atoms with Gasteiger partial charge in [-0.25, -0.2) is 0 Å². The average Bonchev–Trinajstić information content (AvgIpc) is 2.58. The van der Waals surface area contributed by atoms with Gasteiger partial charge in [0.15, 0.2) is 0 Å². The van der Waals surface area contributed by atoms with Crippen LogP contribution >= 0.6 is 15.9 Å². The summed E-state index contributed by atoms with van der Waals surface area (Å²) in [5, 5.41) is 3.56. The molecule has 1 rings (SSSR count). The van der Waals surface area contributed by atoms with E-state index in [4.69, 9.17) is 4.74 Å². The van der Waals surface area contributed by atoms with Crippen molar-refractivity contribution in [2.24, 2.45) is 0 Å². The monoisotopic (exact) mass is 398 g/mol. The van der Waals surface area contributed by atoms with Crippen molar-refractivity contribution in [3.63, 3.8) is 0 Å². The van der Waals surface area contributed by atoms with Gasteiger partial charge in [-0.3, -0.25) is 0 Å². The average molecular weight is 399 g/mol. The lowest BCUT2D eigenvalue weighted by Gasteiger charge is -2.22. The molecule has 0 aromatic heterocycles. The van der Waals surface area contributed by atoms with E-state index < -0.39 is 0 Å². The van der Waals surface area contributed by atoms with Crippen molar-refractivity contribution < 1.29 is 4.74 Å². The number of unbranched alkanes of at least 4 members (excludes halogenated alkanes) is 2. The molecule has 0 aliphatic carbocycles. The van der Waals surface area contributed by atoms with Crippen LogP contribution < -0.4 is 10.1 Å². The standard InChI is InChI=1S/C20H35BrN2O/c1-4-7-13-23(14-8-5-2)15-9-12-22-17-18-10-11-20(24-6-3)19(21)16-18/h10-11,16,22H,4-9,12-15,17H2,1-3H3. The van der Waals surface area contributed by atoms with Gasteiger partial charge in [-0.15, -0.1) is 0 Å². The van der Waals surface area contributed by atoms with Crippen LogP contribution in [-0.4, -0.2) is 37.7 Å². The van der Waals surface area contributed by atoms with E-state index in [0.29, 0.717) is 6.61 Å². The van der Waals surface area contributed by atoms with Crippen molar-refractivity contribution in [2.45, 2.75) is 59.4 Å². The van der Waals surface area contributed by atoms with Gasteiger partial charge in [-0.1, -0.05) is 32.8 Å². The summed E-state index contributed by atoms with van der Waals surface area (Å²) < 4.78 is 6.59. The van der Waals surface area contributed by atoms with Gasteiger partial charge >= 0.3 is 0 Å². The van der Waals surface area contributed by atoms with E-state index in [1.807, 2.05) is 13.0 Å². The summed E-state index contributed by atoms with van der Waals surface area (Å²) in [5.41, 5.74) is 1.29. The lowest BCUT2D eigenvalue weighted by atomic mass is 10.2. The zero-order valence-electron chi connectivity index (χ0n) is 15.7. The Bertz CT molecular complexity index is 432. The van der Waals surface area contributed by atoms with Crippen LogP contribution in [0.5, 0.6) is 5.75 Å². The van der Waals surface area contributed by atoms with E-state index in [1.54, 1.807) is 0 Å².